The largest absolute Gasteiger partial charge is 0.472 e. The molecule has 0 aromatic heterocycles. The van der Waals surface area contributed by atoms with E-state index in [1.165, 1.54) is 283 Å². The summed E-state index contributed by atoms with van der Waals surface area (Å²) in [4.78, 5) is 23.4. The zero-order chi connectivity index (χ0) is 54.2. The first-order chi connectivity index (χ1) is 36.0. The Balaban J connectivity index is 4.04. The number of phosphoric acid groups is 1. The van der Waals surface area contributed by atoms with E-state index < -0.39 is 20.0 Å². The molecule has 3 N–H and O–H groups in total. The minimum atomic E-state index is -4.33. The molecule has 0 radical (unpaired) electrons. The van der Waals surface area contributed by atoms with Gasteiger partial charge in [-0.25, -0.2) is 4.57 Å². The lowest BCUT2D eigenvalue weighted by Crippen LogP contribution is -2.46. The van der Waals surface area contributed by atoms with E-state index in [1.54, 1.807) is 0 Å². The van der Waals surface area contributed by atoms with Crippen molar-refractivity contribution in [3.63, 3.8) is 0 Å². The van der Waals surface area contributed by atoms with E-state index in [0.717, 1.165) is 38.5 Å². The minimum absolute atomic E-state index is 0.0774. The molecule has 0 saturated carbocycles. The number of likely N-dealkylation sites (N-methyl/N-ethyl adjacent to an activating group) is 1. The summed E-state index contributed by atoms with van der Waals surface area (Å²) < 4.78 is 23.9. The van der Waals surface area contributed by atoms with Crippen LogP contribution in [0.5, 0.6) is 0 Å². The van der Waals surface area contributed by atoms with Gasteiger partial charge in [0, 0.05) is 6.42 Å². The second-order valence-corrected chi connectivity index (χ2v) is 25.7. The Labute approximate surface area is 462 Å². The molecule has 8 nitrogen and oxygen atoms in total. The third-order valence-electron chi connectivity index (χ3n) is 15.5. The summed E-state index contributed by atoms with van der Waals surface area (Å²) in [6.07, 6.45) is 71.5. The van der Waals surface area contributed by atoms with Gasteiger partial charge in [-0.05, 0) is 38.5 Å². The molecule has 0 aliphatic heterocycles. The number of allylic oxidation sites excluding steroid dienone is 2. The average Bonchev–Trinajstić information content (AvgIpc) is 3.36. The van der Waals surface area contributed by atoms with Gasteiger partial charge in [-0.2, -0.15) is 0 Å². The first-order valence-electron chi connectivity index (χ1n) is 33.1. The first-order valence-corrected chi connectivity index (χ1v) is 34.5. The second kappa shape index (κ2) is 56.9. The number of nitrogens with zero attached hydrogens (tertiary/aromatic N) is 1. The van der Waals surface area contributed by atoms with Crippen LogP contribution in [0.4, 0.5) is 0 Å². The summed E-state index contributed by atoms with van der Waals surface area (Å²) in [5, 5.41) is 14.1. The number of unbranched alkanes of at least 4 members (excludes halogenated alkanes) is 47. The molecule has 0 spiro atoms. The molecule has 442 valence electrons. The quantitative estimate of drug-likeness (QED) is 0.0243. The summed E-state index contributed by atoms with van der Waals surface area (Å²) in [7, 11) is 1.63. The maximum Gasteiger partial charge on any atom is 0.472 e. The highest BCUT2D eigenvalue weighted by Gasteiger charge is 2.28. The lowest BCUT2D eigenvalue weighted by molar-refractivity contribution is -0.870. The molecule has 9 heteroatoms. The van der Waals surface area contributed by atoms with E-state index in [2.05, 4.69) is 31.3 Å². The summed E-state index contributed by atoms with van der Waals surface area (Å²) in [6, 6.07) is -0.759. The predicted molar refractivity (Wildman–Crippen MR) is 323 cm³/mol. The van der Waals surface area contributed by atoms with Gasteiger partial charge >= 0.3 is 7.82 Å². The zero-order valence-electron chi connectivity index (χ0n) is 50.6. The van der Waals surface area contributed by atoms with Gasteiger partial charge in [-0.1, -0.05) is 315 Å². The van der Waals surface area contributed by atoms with E-state index in [0.29, 0.717) is 23.9 Å². The van der Waals surface area contributed by atoms with Crippen molar-refractivity contribution in [1.29, 1.82) is 0 Å². The lowest BCUT2D eigenvalue weighted by Gasteiger charge is -2.26. The van der Waals surface area contributed by atoms with Crippen molar-refractivity contribution in [2.24, 2.45) is 0 Å². The summed E-state index contributed by atoms with van der Waals surface area (Å²) in [6.45, 7) is 4.95. The molecule has 0 aromatic rings. The molecule has 1 amide bonds. The number of phosphoric ester groups is 1. The highest BCUT2D eigenvalue weighted by molar-refractivity contribution is 7.47. The fourth-order valence-corrected chi connectivity index (χ4v) is 11.1. The number of nitrogens with one attached hydrogen (secondary N) is 1. The smallest absolute Gasteiger partial charge is 0.391 e. The Morgan fingerprint density at radius 1 is 0.446 bits per heavy atom. The SMILES string of the molecule is CCCCCCCCCC/C=C\CCCCCCCCCCCCCC(=O)NC(COP(=O)(O)OCC[N+](C)(C)C)C(O)CCCCCCCCCCCCCCCCCCCCCCCCCCCCCCC. The molecule has 3 atom stereocenters. The van der Waals surface area contributed by atoms with Crippen molar-refractivity contribution in [2.75, 3.05) is 40.9 Å². The van der Waals surface area contributed by atoms with E-state index in [1.807, 2.05) is 21.1 Å². The molecular formula is C65H132N2O6P+. The molecule has 0 aliphatic carbocycles. The number of amides is 1. The molecule has 0 saturated heterocycles. The lowest BCUT2D eigenvalue weighted by atomic mass is 10.0. The number of aliphatic hydroxyl groups is 1. The molecule has 0 heterocycles. The van der Waals surface area contributed by atoms with Crippen LogP contribution in [0.15, 0.2) is 12.2 Å². The number of hydrogen-bond donors (Lipinski definition) is 3. The number of quaternary nitrogens is 1. The van der Waals surface area contributed by atoms with Gasteiger partial charge in [0.15, 0.2) is 0 Å². The van der Waals surface area contributed by atoms with Crippen molar-refractivity contribution in [3.8, 4) is 0 Å². The van der Waals surface area contributed by atoms with Crippen molar-refractivity contribution in [2.45, 2.75) is 360 Å². The summed E-state index contributed by atoms with van der Waals surface area (Å²) >= 11 is 0. The van der Waals surface area contributed by atoms with Gasteiger partial charge in [0.1, 0.15) is 13.2 Å². The summed E-state index contributed by atoms with van der Waals surface area (Å²) in [5.74, 6) is -0.138. The van der Waals surface area contributed by atoms with Gasteiger partial charge < -0.3 is 19.8 Å². The van der Waals surface area contributed by atoms with Gasteiger partial charge in [-0.3, -0.25) is 13.8 Å². The Kier molecular flexibility index (Phi) is 56.4. The molecule has 74 heavy (non-hydrogen) atoms. The van der Waals surface area contributed by atoms with E-state index in [4.69, 9.17) is 9.05 Å². The van der Waals surface area contributed by atoms with Gasteiger partial charge in [-0.15, -0.1) is 0 Å². The van der Waals surface area contributed by atoms with Crippen LogP contribution < -0.4 is 5.32 Å². The maximum absolute atomic E-state index is 13.0. The van der Waals surface area contributed by atoms with Crippen molar-refractivity contribution in [1.82, 2.24) is 5.32 Å². The number of carbonyl (C=O) groups excluding carboxylic acids is 1. The molecule has 0 aromatic carbocycles. The monoisotopic (exact) mass is 1070 g/mol. The van der Waals surface area contributed by atoms with Crippen LogP contribution in [0.3, 0.4) is 0 Å². The molecule has 0 fully saturated rings. The van der Waals surface area contributed by atoms with E-state index >= 15 is 0 Å². The van der Waals surface area contributed by atoms with Crippen LogP contribution >= 0.6 is 7.82 Å². The van der Waals surface area contributed by atoms with Crippen LogP contribution in [0.25, 0.3) is 0 Å². The zero-order valence-corrected chi connectivity index (χ0v) is 51.5. The summed E-state index contributed by atoms with van der Waals surface area (Å²) in [5.41, 5.74) is 0. The van der Waals surface area contributed by atoms with Crippen LogP contribution in [0, 0.1) is 0 Å². The first kappa shape index (κ1) is 73.2. The minimum Gasteiger partial charge on any atom is -0.391 e. The molecule has 0 rings (SSSR count). The second-order valence-electron chi connectivity index (χ2n) is 24.2. The Morgan fingerprint density at radius 2 is 0.730 bits per heavy atom. The van der Waals surface area contributed by atoms with Gasteiger partial charge in [0.05, 0.1) is 39.9 Å². The average molecular weight is 1070 g/mol. The van der Waals surface area contributed by atoms with Crippen molar-refractivity contribution < 1.29 is 32.9 Å². The van der Waals surface area contributed by atoms with Crippen LogP contribution in [0.2, 0.25) is 0 Å². The standard InChI is InChI=1S/C65H131N2O6P/c1-6-8-10-12-14-16-18-20-22-24-26-28-30-31-32-33-34-35-37-38-40-42-44-46-48-50-52-54-56-58-64(68)63(62-73-74(70,71)72-61-60-67(3,4)5)66-65(69)59-57-55-53-51-49-47-45-43-41-39-36-29-27-25-23-21-19-17-15-13-11-9-7-2/h25,27,63-64,68H,6-24,26,28-62H2,1-5H3,(H-,66,69,70,71)/p+1/b27-25-. The Morgan fingerprint density at radius 3 is 1.04 bits per heavy atom. The highest BCUT2D eigenvalue weighted by atomic mass is 31.2. The van der Waals surface area contributed by atoms with Crippen LogP contribution in [-0.4, -0.2) is 73.4 Å². The van der Waals surface area contributed by atoms with Crippen molar-refractivity contribution >= 4 is 13.7 Å². The fraction of sp³-hybridized carbons (Fsp3) is 0.954. The fourth-order valence-electron chi connectivity index (χ4n) is 10.3. The molecule has 3 unspecified atom stereocenters. The Bertz CT molecular complexity index is 1210. The van der Waals surface area contributed by atoms with E-state index in [-0.39, 0.29) is 19.1 Å². The maximum atomic E-state index is 13.0. The molecule has 0 aliphatic rings. The van der Waals surface area contributed by atoms with Gasteiger partial charge in [0.2, 0.25) is 5.91 Å². The molecule has 0 bridgehead atoms. The highest BCUT2D eigenvalue weighted by Crippen LogP contribution is 2.43. The third-order valence-corrected chi connectivity index (χ3v) is 16.5. The van der Waals surface area contributed by atoms with E-state index in [9.17, 15) is 19.4 Å². The predicted octanol–water partition coefficient (Wildman–Crippen LogP) is 20.6. The molecular weight excluding hydrogens is 936 g/mol. The number of carbonyl (C=O) groups is 1. The third kappa shape index (κ3) is 58.9. The van der Waals surface area contributed by atoms with Gasteiger partial charge in [0.25, 0.3) is 0 Å². The Hall–Kier alpha value is -0.760. The topological polar surface area (TPSA) is 105 Å². The number of rotatable bonds is 62. The number of hydrogen-bond acceptors (Lipinski definition) is 5. The van der Waals surface area contributed by atoms with Crippen LogP contribution in [-0.2, 0) is 18.4 Å². The number of aliphatic hydroxyl groups excluding tert-OH is 1. The normalized spacial score (nSPS) is 13.8. The van der Waals surface area contributed by atoms with Crippen LogP contribution in [0.1, 0.15) is 348 Å². The van der Waals surface area contributed by atoms with Crippen molar-refractivity contribution in [3.05, 3.63) is 12.2 Å².